The van der Waals surface area contributed by atoms with Gasteiger partial charge in [-0.1, -0.05) is 29.3 Å². The highest BCUT2D eigenvalue weighted by molar-refractivity contribution is 6.35. The molecular weight excluding hydrogens is 431 g/mol. The summed E-state index contributed by atoms with van der Waals surface area (Å²) in [5, 5.41) is 6.45. The van der Waals surface area contributed by atoms with Gasteiger partial charge in [0.05, 0.1) is 30.5 Å². The molecule has 162 valence electrons. The van der Waals surface area contributed by atoms with Crippen LogP contribution in [0.4, 0.5) is 4.79 Å². The molecule has 1 unspecified atom stereocenters. The predicted octanol–water partition coefficient (Wildman–Crippen LogP) is 2.33. The second-order valence-electron chi connectivity index (χ2n) is 6.97. The summed E-state index contributed by atoms with van der Waals surface area (Å²) in [6.45, 7) is 3.62. The third kappa shape index (κ3) is 4.55. The summed E-state index contributed by atoms with van der Waals surface area (Å²) < 4.78 is 4.91. The molecule has 0 aliphatic carbocycles. The Kier molecular flexibility index (Phi) is 7.23. The highest BCUT2D eigenvalue weighted by atomic mass is 35.5. The number of carbonyl (C=O) groups is 3. The quantitative estimate of drug-likeness (QED) is 0.589. The zero-order valence-corrected chi connectivity index (χ0v) is 18.3. The van der Waals surface area contributed by atoms with Crippen LogP contribution in [0.1, 0.15) is 24.9 Å². The van der Waals surface area contributed by atoms with Gasteiger partial charge in [0.1, 0.15) is 0 Å². The van der Waals surface area contributed by atoms with Gasteiger partial charge in [-0.2, -0.15) is 0 Å². The van der Waals surface area contributed by atoms with Crippen molar-refractivity contribution in [3.05, 3.63) is 45.1 Å². The summed E-state index contributed by atoms with van der Waals surface area (Å²) in [5.41, 5.74) is 1.72. The van der Waals surface area contributed by atoms with Crippen LogP contribution >= 0.6 is 23.2 Å². The number of amides is 4. The largest absolute Gasteiger partial charge is 0.383 e. The number of ether oxygens (including phenoxy) is 1. The summed E-state index contributed by atoms with van der Waals surface area (Å²) in [4.78, 5) is 41.0. The van der Waals surface area contributed by atoms with E-state index < -0.39 is 6.04 Å². The van der Waals surface area contributed by atoms with Crippen LogP contribution in [0, 0.1) is 0 Å². The first-order chi connectivity index (χ1) is 14.4. The zero-order valence-electron chi connectivity index (χ0n) is 16.8. The lowest BCUT2D eigenvalue weighted by molar-refractivity contribution is -0.127. The topological polar surface area (TPSA) is 91.0 Å². The van der Waals surface area contributed by atoms with Crippen LogP contribution < -0.4 is 10.6 Å². The molecule has 2 heterocycles. The number of methoxy groups -OCH3 is 1. The molecule has 3 rings (SSSR count). The van der Waals surface area contributed by atoms with Gasteiger partial charge in [0, 0.05) is 43.2 Å². The minimum atomic E-state index is -0.673. The predicted molar refractivity (Wildman–Crippen MR) is 113 cm³/mol. The molecule has 30 heavy (non-hydrogen) atoms. The summed E-state index contributed by atoms with van der Waals surface area (Å²) in [5.74, 6) is -0.382. The smallest absolute Gasteiger partial charge is 0.322 e. The second-order valence-corrected chi connectivity index (χ2v) is 7.82. The summed E-state index contributed by atoms with van der Waals surface area (Å²) in [7, 11) is 1.56. The minimum Gasteiger partial charge on any atom is -0.383 e. The molecule has 1 aromatic carbocycles. The van der Waals surface area contributed by atoms with Gasteiger partial charge in [0.15, 0.2) is 0 Å². The van der Waals surface area contributed by atoms with Crippen molar-refractivity contribution in [3.63, 3.8) is 0 Å². The van der Waals surface area contributed by atoms with Crippen molar-refractivity contribution in [2.24, 2.45) is 0 Å². The first kappa shape index (κ1) is 22.4. The van der Waals surface area contributed by atoms with E-state index in [2.05, 4.69) is 10.6 Å². The van der Waals surface area contributed by atoms with Crippen molar-refractivity contribution < 1.29 is 19.1 Å². The number of halogens is 2. The van der Waals surface area contributed by atoms with Gasteiger partial charge in [-0.05, 0) is 24.6 Å². The number of carbonyl (C=O) groups excluding carboxylic acids is 3. The van der Waals surface area contributed by atoms with Crippen molar-refractivity contribution in [2.75, 3.05) is 39.9 Å². The second kappa shape index (κ2) is 9.68. The van der Waals surface area contributed by atoms with Gasteiger partial charge >= 0.3 is 6.03 Å². The molecule has 0 spiro atoms. The fraction of sp³-hybridized carbons (Fsp3) is 0.450. The molecule has 1 atom stereocenters. The Morgan fingerprint density at radius 2 is 2.10 bits per heavy atom. The molecule has 0 fully saturated rings. The average Bonchev–Trinajstić information content (AvgIpc) is 3.02. The molecule has 0 radical (unpaired) electrons. The van der Waals surface area contributed by atoms with Crippen molar-refractivity contribution in [1.29, 1.82) is 0 Å². The molecular formula is C20H24Cl2N4O4. The highest BCUT2D eigenvalue weighted by Crippen LogP contribution is 2.39. The standard InChI is InChI=1S/C20H24Cl2N4O4/c1-3-26-15-11-25(8-6-16(27)23-7-9-30-2)19(28)17(15)18(24-20(26)29)13-5-4-12(21)10-14(13)22/h4-5,10,18H,3,6-9,11H2,1-2H3,(H,23,27)(H,24,29). The first-order valence-corrected chi connectivity index (χ1v) is 10.4. The van der Waals surface area contributed by atoms with E-state index in [0.717, 1.165) is 0 Å². The van der Waals surface area contributed by atoms with Gasteiger partial charge in [0.2, 0.25) is 5.91 Å². The van der Waals surface area contributed by atoms with Crippen molar-refractivity contribution in [3.8, 4) is 0 Å². The number of nitrogens with zero attached hydrogens (tertiary/aromatic N) is 2. The van der Waals surface area contributed by atoms with Crippen molar-refractivity contribution in [1.82, 2.24) is 20.4 Å². The van der Waals surface area contributed by atoms with Gasteiger partial charge in [-0.3, -0.25) is 14.5 Å². The molecule has 0 aromatic heterocycles. The normalized spacial score (nSPS) is 18.6. The van der Waals surface area contributed by atoms with Gasteiger partial charge < -0.3 is 20.3 Å². The molecule has 1 aromatic rings. The van der Waals surface area contributed by atoms with Crippen LogP contribution in [0.3, 0.4) is 0 Å². The van der Waals surface area contributed by atoms with E-state index in [1.165, 1.54) is 0 Å². The lowest BCUT2D eigenvalue weighted by Gasteiger charge is -2.33. The summed E-state index contributed by atoms with van der Waals surface area (Å²) in [6, 6.07) is 4.00. The van der Waals surface area contributed by atoms with E-state index in [1.54, 1.807) is 35.1 Å². The fourth-order valence-electron chi connectivity index (χ4n) is 3.65. The third-order valence-electron chi connectivity index (χ3n) is 5.12. The molecule has 2 aliphatic rings. The Bertz CT molecular complexity index is 890. The van der Waals surface area contributed by atoms with E-state index in [4.69, 9.17) is 27.9 Å². The van der Waals surface area contributed by atoms with Crippen molar-refractivity contribution >= 4 is 41.0 Å². The van der Waals surface area contributed by atoms with Gasteiger partial charge in [0.25, 0.3) is 5.91 Å². The molecule has 4 amide bonds. The molecule has 0 saturated heterocycles. The molecule has 0 saturated carbocycles. The van der Waals surface area contributed by atoms with Crippen LogP contribution in [-0.2, 0) is 14.3 Å². The fourth-order valence-corrected chi connectivity index (χ4v) is 4.17. The SMILES string of the molecule is CCN1C(=O)NC(c2ccc(Cl)cc2Cl)C2=C1CN(CCC(=O)NCCOC)C2=O. The van der Waals surface area contributed by atoms with Gasteiger partial charge in [-0.25, -0.2) is 4.79 Å². The molecule has 2 aliphatic heterocycles. The third-order valence-corrected chi connectivity index (χ3v) is 5.69. The Labute approximate surface area is 185 Å². The Morgan fingerprint density at radius 1 is 1.33 bits per heavy atom. The summed E-state index contributed by atoms with van der Waals surface area (Å²) in [6.07, 6.45) is 0.163. The zero-order chi connectivity index (χ0) is 21.8. The average molecular weight is 455 g/mol. The van der Waals surface area contributed by atoms with E-state index in [9.17, 15) is 14.4 Å². The number of hydrogen-bond acceptors (Lipinski definition) is 4. The lowest BCUT2D eigenvalue weighted by atomic mass is 9.95. The maximum atomic E-state index is 13.2. The Morgan fingerprint density at radius 3 is 2.77 bits per heavy atom. The number of rotatable bonds is 8. The van der Waals surface area contributed by atoms with Gasteiger partial charge in [-0.15, -0.1) is 0 Å². The van der Waals surface area contributed by atoms with Crippen LogP contribution in [0.5, 0.6) is 0 Å². The lowest BCUT2D eigenvalue weighted by Crippen LogP contribution is -2.47. The summed E-state index contributed by atoms with van der Waals surface area (Å²) >= 11 is 12.4. The Balaban J connectivity index is 1.81. The number of likely N-dealkylation sites (N-methyl/N-ethyl adjacent to an activating group) is 1. The van der Waals surface area contributed by atoms with E-state index in [-0.39, 0.29) is 37.4 Å². The maximum Gasteiger partial charge on any atom is 0.322 e. The van der Waals surface area contributed by atoms with Crippen LogP contribution in [0.2, 0.25) is 10.0 Å². The first-order valence-electron chi connectivity index (χ1n) is 9.68. The van der Waals surface area contributed by atoms with E-state index in [1.807, 2.05) is 6.92 Å². The number of nitrogens with one attached hydrogen (secondary N) is 2. The monoisotopic (exact) mass is 454 g/mol. The number of benzene rings is 1. The molecule has 10 heteroatoms. The van der Waals surface area contributed by atoms with E-state index >= 15 is 0 Å². The highest BCUT2D eigenvalue weighted by Gasteiger charge is 2.44. The number of hydrogen-bond donors (Lipinski definition) is 2. The molecule has 8 nitrogen and oxygen atoms in total. The molecule has 0 bridgehead atoms. The van der Waals surface area contributed by atoms with Crippen LogP contribution in [0.25, 0.3) is 0 Å². The van der Waals surface area contributed by atoms with Crippen molar-refractivity contribution in [2.45, 2.75) is 19.4 Å². The molecule has 2 N–H and O–H groups in total. The number of urea groups is 1. The Hall–Kier alpha value is -2.29. The minimum absolute atomic E-state index is 0.163. The van der Waals surface area contributed by atoms with Crippen LogP contribution in [0.15, 0.2) is 29.5 Å². The van der Waals surface area contributed by atoms with Crippen LogP contribution in [-0.4, -0.2) is 67.5 Å². The maximum absolute atomic E-state index is 13.2. The van der Waals surface area contributed by atoms with E-state index in [0.29, 0.717) is 46.6 Å².